The predicted octanol–water partition coefficient (Wildman–Crippen LogP) is 2.46. The number of pyridine rings is 1. The van der Waals surface area contributed by atoms with E-state index in [1.807, 2.05) is 13.2 Å². The Bertz CT molecular complexity index is 644. The monoisotopic (exact) mass is 306 g/mol. The number of nitrogens with zero attached hydrogens (tertiary/aromatic N) is 1. The number of thioether (sulfide) groups is 1. The van der Waals surface area contributed by atoms with E-state index in [9.17, 15) is 9.90 Å². The van der Waals surface area contributed by atoms with E-state index in [4.69, 9.17) is 5.11 Å². The third-order valence-corrected chi connectivity index (χ3v) is 4.54. The van der Waals surface area contributed by atoms with Gasteiger partial charge in [0, 0.05) is 16.7 Å². The molecule has 21 heavy (non-hydrogen) atoms. The molecule has 2 atom stereocenters. The van der Waals surface area contributed by atoms with E-state index < -0.39 is 5.97 Å². The normalized spacial score (nSPS) is 13.9. The quantitative estimate of drug-likeness (QED) is 0.760. The van der Waals surface area contributed by atoms with Crippen molar-refractivity contribution < 1.29 is 15.0 Å². The topological polar surface area (TPSA) is 82.5 Å². The molecule has 112 valence electrons. The number of carboxylic acid groups (broad SMARTS) is 1. The number of aromatic carboxylic acids is 1. The molecule has 1 aromatic heterocycles. The number of hydrogen-bond donors (Lipinski definition) is 3. The minimum atomic E-state index is -0.959. The number of carbonyl (C=O) groups is 1. The molecule has 0 saturated heterocycles. The number of rotatable bonds is 6. The smallest absolute Gasteiger partial charge is 0.336 e. The number of anilines is 1. The van der Waals surface area contributed by atoms with Gasteiger partial charge in [-0.15, -0.1) is 0 Å². The Balaban J connectivity index is 2.30. The van der Waals surface area contributed by atoms with Crippen molar-refractivity contribution in [2.24, 2.45) is 0 Å². The number of benzene rings is 1. The highest BCUT2D eigenvalue weighted by atomic mass is 32.2. The Hall–Kier alpha value is -1.79. The molecule has 5 nitrogen and oxygen atoms in total. The molecule has 0 amide bonds. The molecule has 0 bridgehead atoms. The van der Waals surface area contributed by atoms with Gasteiger partial charge in [-0.05, 0) is 37.4 Å². The highest BCUT2D eigenvalue weighted by molar-refractivity contribution is 7.99. The van der Waals surface area contributed by atoms with Crippen LogP contribution in [0.5, 0.6) is 0 Å². The molecule has 6 heteroatoms. The van der Waals surface area contributed by atoms with Crippen molar-refractivity contribution in [1.29, 1.82) is 0 Å². The minimum Gasteiger partial charge on any atom is -0.478 e. The van der Waals surface area contributed by atoms with Gasteiger partial charge in [0.2, 0.25) is 0 Å². The van der Waals surface area contributed by atoms with E-state index in [0.29, 0.717) is 16.7 Å². The van der Waals surface area contributed by atoms with Crippen LogP contribution in [0.2, 0.25) is 0 Å². The molecule has 0 fully saturated rings. The summed E-state index contributed by atoms with van der Waals surface area (Å²) in [4.78, 5) is 15.6. The first-order valence-corrected chi connectivity index (χ1v) is 7.89. The SMILES string of the molecule is CSC(CO)C(C)Nc1ccc2c(C(=O)O)cccc2n1. The van der Waals surface area contributed by atoms with Crippen LogP contribution in [-0.4, -0.2) is 45.3 Å². The summed E-state index contributed by atoms with van der Waals surface area (Å²) in [7, 11) is 0. The van der Waals surface area contributed by atoms with Crippen molar-refractivity contribution in [2.45, 2.75) is 18.2 Å². The number of carboxylic acids is 1. The summed E-state index contributed by atoms with van der Waals surface area (Å²) in [6, 6.07) is 8.61. The van der Waals surface area contributed by atoms with Crippen molar-refractivity contribution in [1.82, 2.24) is 4.98 Å². The average molecular weight is 306 g/mol. The molecule has 1 aromatic carbocycles. The molecule has 0 aliphatic rings. The molecule has 2 rings (SSSR count). The van der Waals surface area contributed by atoms with Crippen molar-refractivity contribution in [2.75, 3.05) is 18.2 Å². The summed E-state index contributed by atoms with van der Waals surface area (Å²) in [5.41, 5.74) is 0.883. The van der Waals surface area contributed by atoms with E-state index in [0.717, 1.165) is 0 Å². The number of nitrogens with one attached hydrogen (secondary N) is 1. The molecule has 0 aliphatic carbocycles. The van der Waals surface area contributed by atoms with Crippen LogP contribution in [-0.2, 0) is 0 Å². The van der Waals surface area contributed by atoms with E-state index in [-0.39, 0.29) is 23.5 Å². The highest BCUT2D eigenvalue weighted by Gasteiger charge is 2.16. The molecule has 1 heterocycles. The molecule has 0 aliphatic heterocycles. The summed E-state index contributed by atoms with van der Waals surface area (Å²) in [5, 5.41) is 22.4. The van der Waals surface area contributed by atoms with Crippen LogP contribution in [0.25, 0.3) is 10.9 Å². The molecule has 0 radical (unpaired) electrons. The number of aliphatic hydroxyl groups is 1. The van der Waals surface area contributed by atoms with Gasteiger partial charge in [-0.2, -0.15) is 11.8 Å². The van der Waals surface area contributed by atoms with Gasteiger partial charge in [0.1, 0.15) is 5.82 Å². The second-order valence-corrected chi connectivity index (χ2v) is 5.84. The second kappa shape index (κ2) is 6.78. The minimum absolute atomic E-state index is 0.0533. The lowest BCUT2D eigenvalue weighted by atomic mass is 10.1. The zero-order valence-electron chi connectivity index (χ0n) is 11.9. The van der Waals surface area contributed by atoms with Gasteiger partial charge >= 0.3 is 5.97 Å². The van der Waals surface area contributed by atoms with Crippen molar-refractivity contribution in [3.63, 3.8) is 0 Å². The van der Waals surface area contributed by atoms with Gasteiger partial charge in [-0.3, -0.25) is 0 Å². The van der Waals surface area contributed by atoms with Gasteiger partial charge in [0.05, 0.1) is 17.7 Å². The lowest BCUT2D eigenvalue weighted by molar-refractivity contribution is 0.0699. The molecular formula is C15H18N2O3S. The maximum atomic E-state index is 11.2. The van der Waals surface area contributed by atoms with Crippen molar-refractivity contribution in [3.05, 3.63) is 35.9 Å². The fourth-order valence-corrected chi connectivity index (χ4v) is 2.81. The second-order valence-electron chi connectivity index (χ2n) is 4.76. The number of aliphatic hydroxyl groups excluding tert-OH is 1. The summed E-state index contributed by atoms with van der Waals surface area (Å²) in [6.07, 6.45) is 1.95. The number of aromatic nitrogens is 1. The highest BCUT2D eigenvalue weighted by Crippen LogP contribution is 2.21. The van der Waals surface area contributed by atoms with Gasteiger partial charge in [0.15, 0.2) is 0 Å². The van der Waals surface area contributed by atoms with E-state index >= 15 is 0 Å². The standard InChI is InChI=1S/C15H18N2O3S/c1-9(13(8-18)21-2)16-14-7-6-10-11(15(19)20)4-3-5-12(10)17-14/h3-7,9,13,18H,8H2,1-2H3,(H,16,17)(H,19,20). The molecule has 2 unspecified atom stereocenters. The Kier molecular flexibility index (Phi) is 5.03. The van der Waals surface area contributed by atoms with Gasteiger partial charge in [-0.25, -0.2) is 9.78 Å². The van der Waals surface area contributed by atoms with Crippen LogP contribution in [0, 0.1) is 0 Å². The first-order chi connectivity index (χ1) is 10.1. The lowest BCUT2D eigenvalue weighted by Crippen LogP contribution is -2.31. The van der Waals surface area contributed by atoms with Crippen LogP contribution in [0.1, 0.15) is 17.3 Å². The summed E-state index contributed by atoms with van der Waals surface area (Å²) >= 11 is 1.59. The Morgan fingerprint density at radius 1 is 1.38 bits per heavy atom. The maximum Gasteiger partial charge on any atom is 0.336 e. The van der Waals surface area contributed by atoms with Gasteiger partial charge in [-0.1, -0.05) is 6.07 Å². The number of hydrogen-bond acceptors (Lipinski definition) is 5. The van der Waals surface area contributed by atoms with Gasteiger partial charge < -0.3 is 15.5 Å². The molecule has 3 N–H and O–H groups in total. The van der Waals surface area contributed by atoms with Crippen LogP contribution in [0.3, 0.4) is 0 Å². The Labute approximate surface area is 127 Å². The van der Waals surface area contributed by atoms with Crippen molar-refractivity contribution in [3.8, 4) is 0 Å². The van der Waals surface area contributed by atoms with E-state index in [2.05, 4.69) is 10.3 Å². The summed E-state index contributed by atoms with van der Waals surface area (Å²) in [6.45, 7) is 2.07. The van der Waals surface area contributed by atoms with Crippen LogP contribution in [0.15, 0.2) is 30.3 Å². The largest absolute Gasteiger partial charge is 0.478 e. The first kappa shape index (κ1) is 15.6. The Morgan fingerprint density at radius 3 is 2.76 bits per heavy atom. The van der Waals surface area contributed by atoms with Crippen LogP contribution >= 0.6 is 11.8 Å². The molecular weight excluding hydrogens is 288 g/mol. The molecule has 2 aromatic rings. The zero-order valence-corrected chi connectivity index (χ0v) is 12.7. The van der Waals surface area contributed by atoms with Crippen LogP contribution < -0.4 is 5.32 Å². The average Bonchev–Trinajstić information content (AvgIpc) is 2.47. The van der Waals surface area contributed by atoms with Crippen LogP contribution in [0.4, 0.5) is 5.82 Å². The zero-order chi connectivity index (χ0) is 15.4. The maximum absolute atomic E-state index is 11.2. The fraction of sp³-hybridized carbons (Fsp3) is 0.333. The molecule has 0 saturated carbocycles. The predicted molar refractivity (Wildman–Crippen MR) is 86.2 cm³/mol. The van der Waals surface area contributed by atoms with E-state index in [1.54, 1.807) is 42.1 Å². The molecule has 0 spiro atoms. The summed E-state index contributed by atoms with van der Waals surface area (Å²) < 4.78 is 0. The van der Waals surface area contributed by atoms with E-state index in [1.165, 1.54) is 0 Å². The van der Waals surface area contributed by atoms with Crippen molar-refractivity contribution >= 4 is 34.5 Å². The third-order valence-electron chi connectivity index (χ3n) is 3.38. The van der Waals surface area contributed by atoms with Gasteiger partial charge in [0.25, 0.3) is 0 Å². The third kappa shape index (κ3) is 3.46. The first-order valence-electron chi connectivity index (χ1n) is 6.60. The lowest BCUT2D eigenvalue weighted by Gasteiger charge is -2.22. The summed E-state index contributed by atoms with van der Waals surface area (Å²) in [5.74, 6) is -0.288. The Morgan fingerprint density at radius 2 is 2.14 bits per heavy atom. The number of fused-ring (bicyclic) bond motifs is 1. The fourth-order valence-electron chi connectivity index (χ4n) is 2.18.